The number of benzene rings is 1. The highest BCUT2D eigenvalue weighted by Gasteiger charge is 2.31. The maximum Gasteiger partial charge on any atom is 0.123 e. The van der Waals surface area contributed by atoms with Crippen LogP contribution in [0.1, 0.15) is 36.9 Å². The number of nitrogens with two attached hydrogens (primary N) is 1. The van der Waals surface area contributed by atoms with E-state index in [0.29, 0.717) is 11.7 Å². The fourth-order valence-corrected chi connectivity index (χ4v) is 1.87. The van der Waals surface area contributed by atoms with Gasteiger partial charge in [0.15, 0.2) is 0 Å². The lowest BCUT2D eigenvalue weighted by atomic mass is 9.98. The Labute approximate surface area is 96.9 Å². The van der Waals surface area contributed by atoms with Crippen molar-refractivity contribution in [2.24, 2.45) is 11.7 Å². The van der Waals surface area contributed by atoms with Crippen molar-refractivity contribution in [3.63, 3.8) is 0 Å². The second kappa shape index (κ2) is 4.86. The van der Waals surface area contributed by atoms with E-state index in [1.807, 2.05) is 25.1 Å². The summed E-state index contributed by atoms with van der Waals surface area (Å²) in [4.78, 5) is 0. The third kappa shape index (κ3) is 2.44. The molecule has 1 aromatic rings. The number of hydrogen-bond donors (Lipinski definition) is 2. The predicted octanol–water partition coefficient (Wildman–Crippen LogP) is 2.79. The van der Waals surface area contributed by atoms with Crippen LogP contribution in [0.15, 0.2) is 18.2 Å². The lowest BCUT2D eigenvalue weighted by Crippen LogP contribution is -2.12. The first kappa shape index (κ1) is 12.3. The maximum atomic E-state index is 9.96. The Morgan fingerprint density at radius 2 is 2.13 bits per heavy atom. The minimum absolute atomic E-state index is 0. The average molecular weight is 228 g/mol. The van der Waals surface area contributed by atoms with Crippen molar-refractivity contribution in [1.82, 2.24) is 0 Å². The molecule has 0 spiro atoms. The molecule has 1 aliphatic rings. The molecule has 2 rings (SSSR count). The fourth-order valence-electron chi connectivity index (χ4n) is 1.87. The van der Waals surface area contributed by atoms with Crippen LogP contribution in [-0.2, 0) is 6.42 Å². The lowest BCUT2D eigenvalue weighted by Gasteiger charge is -2.14. The smallest absolute Gasteiger partial charge is 0.123 e. The summed E-state index contributed by atoms with van der Waals surface area (Å²) in [5.74, 6) is 1.00. The molecule has 84 valence electrons. The highest BCUT2D eigenvalue weighted by molar-refractivity contribution is 5.85. The Balaban J connectivity index is 0.00000112. The van der Waals surface area contributed by atoms with Gasteiger partial charge in [0.1, 0.15) is 5.75 Å². The second-order valence-corrected chi connectivity index (χ2v) is 4.07. The number of para-hydroxylation sites is 1. The van der Waals surface area contributed by atoms with E-state index < -0.39 is 0 Å². The Hall–Kier alpha value is -0.730. The zero-order chi connectivity index (χ0) is 10.1. The van der Waals surface area contributed by atoms with Crippen LogP contribution >= 0.6 is 12.4 Å². The molecular formula is C12H18ClNO. The first-order valence-corrected chi connectivity index (χ1v) is 5.30. The van der Waals surface area contributed by atoms with Gasteiger partial charge >= 0.3 is 0 Å². The molecule has 1 fully saturated rings. The van der Waals surface area contributed by atoms with Crippen LogP contribution in [0.2, 0.25) is 0 Å². The van der Waals surface area contributed by atoms with Crippen molar-refractivity contribution in [1.29, 1.82) is 0 Å². The van der Waals surface area contributed by atoms with Gasteiger partial charge in [-0.3, -0.25) is 0 Å². The first-order valence-electron chi connectivity index (χ1n) is 5.30. The van der Waals surface area contributed by atoms with Gasteiger partial charge in [-0.15, -0.1) is 12.4 Å². The molecule has 0 aromatic heterocycles. The van der Waals surface area contributed by atoms with Crippen molar-refractivity contribution >= 4 is 12.4 Å². The van der Waals surface area contributed by atoms with Gasteiger partial charge in [-0.05, 0) is 30.7 Å². The van der Waals surface area contributed by atoms with Crippen LogP contribution in [-0.4, -0.2) is 5.11 Å². The van der Waals surface area contributed by atoms with Crippen molar-refractivity contribution in [3.05, 3.63) is 29.3 Å². The van der Waals surface area contributed by atoms with Crippen LogP contribution in [0.3, 0.4) is 0 Å². The molecule has 1 atom stereocenters. The molecule has 0 unspecified atom stereocenters. The minimum atomic E-state index is 0. The fraction of sp³-hybridized carbons (Fsp3) is 0.500. The zero-order valence-electron chi connectivity index (χ0n) is 8.94. The van der Waals surface area contributed by atoms with E-state index in [-0.39, 0.29) is 18.4 Å². The van der Waals surface area contributed by atoms with Crippen LogP contribution in [0.5, 0.6) is 5.75 Å². The van der Waals surface area contributed by atoms with E-state index in [1.165, 1.54) is 12.8 Å². The van der Waals surface area contributed by atoms with E-state index in [9.17, 15) is 5.11 Å². The minimum Gasteiger partial charge on any atom is -0.507 e. The summed E-state index contributed by atoms with van der Waals surface area (Å²) < 4.78 is 0. The number of phenols is 1. The van der Waals surface area contributed by atoms with Crippen LogP contribution in [0, 0.1) is 5.92 Å². The first-order chi connectivity index (χ1) is 6.74. The second-order valence-electron chi connectivity index (χ2n) is 4.07. The standard InChI is InChI=1S/C12H17NO.ClH/c1-2-8-4-3-5-10(12(8)14)11(13)9-6-7-9;/h3-5,9,11,14H,2,6-7,13H2,1H3;1H/t11-;/m1./s1. The molecule has 0 amide bonds. The topological polar surface area (TPSA) is 46.2 Å². The molecule has 0 radical (unpaired) electrons. The van der Waals surface area contributed by atoms with E-state index in [2.05, 4.69) is 0 Å². The van der Waals surface area contributed by atoms with Gasteiger partial charge in [0.2, 0.25) is 0 Å². The van der Waals surface area contributed by atoms with Gasteiger partial charge in [0, 0.05) is 11.6 Å². The van der Waals surface area contributed by atoms with Gasteiger partial charge in [0.05, 0.1) is 0 Å². The molecule has 1 saturated carbocycles. The Kier molecular flexibility index (Phi) is 4.00. The molecule has 15 heavy (non-hydrogen) atoms. The molecule has 3 heteroatoms. The molecule has 0 aliphatic heterocycles. The van der Waals surface area contributed by atoms with Gasteiger partial charge in [-0.25, -0.2) is 0 Å². The van der Waals surface area contributed by atoms with E-state index in [1.54, 1.807) is 0 Å². The Morgan fingerprint density at radius 1 is 1.47 bits per heavy atom. The molecule has 1 aliphatic carbocycles. The monoisotopic (exact) mass is 227 g/mol. The maximum absolute atomic E-state index is 9.96. The number of hydrogen-bond acceptors (Lipinski definition) is 2. The summed E-state index contributed by atoms with van der Waals surface area (Å²) in [7, 11) is 0. The highest BCUT2D eigenvalue weighted by Crippen LogP contribution is 2.42. The van der Waals surface area contributed by atoms with E-state index in [0.717, 1.165) is 17.5 Å². The Morgan fingerprint density at radius 3 is 2.67 bits per heavy atom. The van der Waals surface area contributed by atoms with Crippen LogP contribution in [0.25, 0.3) is 0 Å². The molecule has 0 heterocycles. The summed E-state index contributed by atoms with van der Waals surface area (Å²) in [5, 5.41) is 9.96. The largest absolute Gasteiger partial charge is 0.507 e. The quantitative estimate of drug-likeness (QED) is 0.834. The summed E-state index contributed by atoms with van der Waals surface area (Å²) >= 11 is 0. The third-order valence-electron chi connectivity index (χ3n) is 3.02. The molecule has 3 N–H and O–H groups in total. The number of rotatable bonds is 3. The lowest BCUT2D eigenvalue weighted by molar-refractivity contribution is 0.450. The SMILES string of the molecule is CCc1cccc([C@H](N)C2CC2)c1O.Cl. The summed E-state index contributed by atoms with van der Waals surface area (Å²) in [6, 6.07) is 5.91. The van der Waals surface area contributed by atoms with E-state index in [4.69, 9.17) is 5.73 Å². The van der Waals surface area contributed by atoms with E-state index >= 15 is 0 Å². The predicted molar refractivity (Wildman–Crippen MR) is 64.4 cm³/mol. The van der Waals surface area contributed by atoms with Gasteiger partial charge in [-0.1, -0.05) is 25.1 Å². The number of halogens is 1. The molecule has 1 aromatic carbocycles. The van der Waals surface area contributed by atoms with Gasteiger partial charge < -0.3 is 10.8 Å². The normalized spacial score (nSPS) is 16.9. The van der Waals surface area contributed by atoms with Gasteiger partial charge in [0.25, 0.3) is 0 Å². The number of aromatic hydroxyl groups is 1. The third-order valence-corrected chi connectivity index (χ3v) is 3.02. The molecule has 0 saturated heterocycles. The van der Waals surface area contributed by atoms with Crippen molar-refractivity contribution < 1.29 is 5.11 Å². The Bertz CT molecular complexity index is 336. The van der Waals surface area contributed by atoms with Crippen LogP contribution in [0.4, 0.5) is 0 Å². The van der Waals surface area contributed by atoms with Crippen LogP contribution < -0.4 is 5.73 Å². The zero-order valence-corrected chi connectivity index (χ0v) is 9.76. The van der Waals surface area contributed by atoms with Crippen molar-refractivity contribution in [2.75, 3.05) is 0 Å². The summed E-state index contributed by atoms with van der Waals surface area (Å²) in [5.41, 5.74) is 7.99. The molecule has 2 nitrogen and oxygen atoms in total. The molecular weight excluding hydrogens is 210 g/mol. The average Bonchev–Trinajstić information content (AvgIpc) is 3.00. The van der Waals surface area contributed by atoms with Gasteiger partial charge in [-0.2, -0.15) is 0 Å². The number of aryl methyl sites for hydroxylation is 1. The highest BCUT2D eigenvalue weighted by atomic mass is 35.5. The summed E-state index contributed by atoms with van der Waals surface area (Å²) in [6.45, 7) is 2.04. The number of phenolic OH excluding ortho intramolecular Hbond substituents is 1. The summed E-state index contributed by atoms with van der Waals surface area (Å²) in [6.07, 6.45) is 3.27. The van der Waals surface area contributed by atoms with Crippen molar-refractivity contribution in [3.8, 4) is 5.75 Å². The van der Waals surface area contributed by atoms with Crippen molar-refractivity contribution in [2.45, 2.75) is 32.2 Å². The molecule has 0 bridgehead atoms.